The molecule has 1 unspecified atom stereocenters. The molecular formula is C16H24N4O3. The monoisotopic (exact) mass is 320 g/mol. The number of likely N-dealkylation sites (N-methyl/N-ethyl adjacent to an activating group) is 1. The summed E-state index contributed by atoms with van der Waals surface area (Å²) in [5.41, 5.74) is 1.03. The fourth-order valence-corrected chi connectivity index (χ4v) is 2.42. The second-order valence-corrected chi connectivity index (χ2v) is 5.88. The van der Waals surface area contributed by atoms with Crippen molar-refractivity contribution < 1.29 is 14.3 Å². The van der Waals surface area contributed by atoms with E-state index in [1.54, 1.807) is 24.2 Å². The van der Waals surface area contributed by atoms with Gasteiger partial charge in [-0.25, -0.2) is 4.98 Å². The lowest BCUT2D eigenvalue weighted by atomic mass is 10.2. The van der Waals surface area contributed by atoms with Crippen LogP contribution >= 0.6 is 0 Å². The van der Waals surface area contributed by atoms with E-state index in [9.17, 15) is 9.59 Å². The van der Waals surface area contributed by atoms with Gasteiger partial charge in [-0.05, 0) is 44.5 Å². The molecule has 0 spiro atoms. The van der Waals surface area contributed by atoms with Gasteiger partial charge in [-0.1, -0.05) is 0 Å². The maximum atomic E-state index is 11.9. The Balaban J connectivity index is 1.67. The van der Waals surface area contributed by atoms with E-state index in [0.29, 0.717) is 12.4 Å². The van der Waals surface area contributed by atoms with Crippen molar-refractivity contribution in [2.45, 2.75) is 25.9 Å². The van der Waals surface area contributed by atoms with Crippen molar-refractivity contribution in [2.24, 2.45) is 0 Å². The largest absolute Gasteiger partial charge is 0.376 e. The molecule has 2 rings (SSSR count). The van der Waals surface area contributed by atoms with Crippen LogP contribution in [0, 0.1) is 6.92 Å². The highest BCUT2D eigenvalue weighted by Gasteiger charge is 2.17. The van der Waals surface area contributed by atoms with Crippen molar-refractivity contribution in [1.82, 2.24) is 15.2 Å². The SMILES string of the molecule is Cc1ccnc(NC(=O)CN(C)CC(=O)NCC2CCCO2)c1. The molecule has 7 nitrogen and oxygen atoms in total. The quantitative estimate of drug-likeness (QED) is 0.767. The van der Waals surface area contributed by atoms with Crippen molar-refractivity contribution in [3.63, 3.8) is 0 Å². The van der Waals surface area contributed by atoms with Gasteiger partial charge in [0.15, 0.2) is 0 Å². The Morgan fingerprint density at radius 3 is 2.87 bits per heavy atom. The van der Waals surface area contributed by atoms with Crippen LogP contribution in [0.3, 0.4) is 0 Å². The molecule has 1 atom stereocenters. The number of hydrogen-bond acceptors (Lipinski definition) is 5. The number of aryl methyl sites for hydroxylation is 1. The Morgan fingerprint density at radius 1 is 1.39 bits per heavy atom. The zero-order chi connectivity index (χ0) is 16.7. The number of carbonyl (C=O) groups is 2. The van der Waals surface area contributed by atoms with Gasteiger partial charge in [-0.2, -0.15) is 0 Å². The minimum absolute atomic E-state index is 0.107. The molecule has 2 N–H and O–H groups in total. The number of rotatable bonds is 7. The lowest BCUT2D eigenvalue weighted by Gasteiger charge is -2.17. The zero-order valence-electron chi connectivity index (χ0n) is 13.7. The van der Waals surface area contributed by atoms with Gasteiger partial charge in [-0.15, -0.1) is 0 Å². The molecule has 0 saturated carbocycles. The first kappa shape index (κ1) is 17.4. The van der Waals surface area contributed by atoms with Crippen LogP contribution in [0.2, 0.25) is 0 Å². The summed E-state index contributed by atoms with van der Waals surface area (Å²) >= 11 is 0. The molecule has 0 aromatic carbocycles. The first-order chi connectivity index (χ1) is 11.0. The van der Waals surface area contributed by atoms with E-state index in [1.807, 2.05) is 13.0 Å². The Labute approximate surface area is 136 Å². The van der Waals surface area contributed by atoms with Gasteiger partial charge in [0.2, 0.25) is 11.8 Å². The average molecular weight is 320 g/mol. The van der Waals surface area contributed by atoms with E-state index in [1.165, 1.54) is 0 Å². The van der Waals surface area contributed by atoms with Gasteiger partial charge in [0.05, 0.1) is 19.2 Å². The minimum atomic E-state index is -0.197. The third-order valence-corrected chi connectivity index (χ3v) is 3.56. The molecule has 23 heavy (non-hydrogen) atoms. The zero-order valence-corrected chi connectivity index (χ0v) is 13.7. The molecule has 0 bridgehead atoms. The average Bonchev–Trinajstić information content (AvgIpc) is 2.98. The van der Waals surface area contributed by atoms with Crippen molar-refractivity contribution in [1.29, 1.82) is 0 Å². The van der Waals surface area contributed by atoms with Gasteiger partial charge in [0.1, 0.15) is 5.82 Å². The van der Waals surface area contributed by atoms with Gasteiger partial charge in [-0.3, -0.25) is 14.5 Å². The molecule has 0 radical (unpaired) electrons. The third kappa shape index (κ3) is 6.33. The molecule has 0 aliphatic carbocycles. The molecule has 1 aliphatic heterocycles. The second kappa shape index (κ2) is 8.59. The summed E-state index contributed by atoms with van der Waals surface area (Å²) in [5, 5.41) is 5.56. The number of amides is 2. The summed E-state index contributed by atoms with van der Waals surface area (Å²) in [6.45, 7) is 3.53. The smallest absolute Gasteiger partial charge is 0.239 e. The van der Waals surface area contributed by atoms with Crippen LogP contribution in [0.25, 0.3) is 0 Å². The third-order valence-electron chi connectivity index (χ3n) is 3.56. The molecule has 2 heterocycles. The number of nitrogens with zero attached hydrogens (tertiary/aromatic N) is 2. The van der Waals surface area contributed by atoms with Gasteiger partial charge >= 0.3 is 0 Å². The number of pyridine rings is 1. The maximum absolute atomic E-state index is 11.9. The summed E-state index contributed by atoms with van der Waals surface area (Å²) in [7, 11) is 1.73. The van der Waals surface area contributed by atoms with E-state index in [4.69, 9.17) is 4.74 Å². The fourth-order valence-electron chi connectivity index (χ4n) is 2.42. The summed E-state index contributed by atoms with van der Waals surface area (Å²) in [5.74, 6) is 0.216. The molecule has 1 aromatic heterocycles. The van der Waals surface area contributed by atoms with Crippen molar-refractivity contribution in [2.75, 3.05) is 38.6 Å². The number of hydrogen-bond donors (Lipinski definition) is 2. The summed E-state index contributed by atoms with van der Waals surface area (Å²) in [6, 6.07) is 3.66. The van der Waals surface area contributed by atoms with E-state index in [-0.39, 0.29) is 31.0 Å². The lowest BCUT2D eigenvalue weighted by molar-refractivity contribution is -0.123. The van der Waals surface area contributed by atoms with Crippen molar-refractivity contribution >= 4 is 17.6 Å². The van der Waals surface area contributed by atoms with Gasteiger partial charge < -0.3 is 15.4 Å². The van der Waals surface area contributed by atoms with Crippen LogP contribution in [-0.2, 0) is 14.3 Å². The number of anilines is 1. The summed E-state index contributed by atoms with van der Waals surface area (Å²) < 4.78 is 5.45. The highest BCUT2D eigenvalue weighted by molar-refractivity contribution is 5.91. The Morgan fingerprint density at radius 2 is 2.17 bits per heavy atom. The lowest BCUT2D eigenvalue weighted by Crippen LogP contribution is -2.41. The number of nitrogens with one attached hydrogen (secondary N) is 2. The number of ether oxygens (including phenoxy) is 1. The predicted molar refractivity (Wildman–Crippen MR) is 87.1 cm³/mol. The van der Waals surface area contributed by atoms with Crippen molar-refractivity contribution in [3.8, 4) is 0 Å². The molecule has 1 aromatic rings. The van der Waals surface area contributed by atoms with Crippen LogP contribution < -0.4 is 10.6 Å². The first-order valence-corrected chi connectivity index (χ1v) is 7.82. The van der Waals surface area contributed by atoms with Crippen LogP contribution in [0.15, 0.2) is 18.3 Å². The summed E-state index contributed by atoms with van der Waals surface area (Å²) in [6.07, 6.45) is 3.81. The second-order valence-electron chi connectivity index (χ2n) is 5.88. The Kier molecular flexibility index (Phi) is 6.49. The van der Waals surface area contributed by atoms with E-state index in [2.05, 4.69) is 15.6 Å². The van der Waals surface area contributed by atoms with Crippen LogP contribution in [-0.4, -0.2) is 61.1 Å². The normalized spacial score (nSPS) is 17.3. The minimum Gasteiger partial charge on any atom is -0.376 e. The molecule has 7 heteroatoms. The first-order valence-electron chi connectivity index (χ1n) is 7.82. The van der Waals surface area contributed by atoms with Gasteiger partial charge in [0, 0.05) is 19.3 Å². The van der Waals surface area contributed by atoms with Crippen molar-refractivity contribution in [3.05, 3.63) is 23.9 Å². The highest BCUT2D eigenvalue weighted by Crippen LogP contribution is 2.10. The summed E-state index contributed by atoms with van der Waals surface area (Å²) in [4.78, 5) is 29.5. The standard InChI is InChI=1S/C16H24N4O3/c1-12-5-6-17-14(8-12)19-16(22)11-20(2)10-15(21)18-9-13-4-3-7-23-13/h5-6,8,13H,3-4,7,9-11H2,1-2H3,(H,18,21)(H,17,19,22). The number of carbonyl (C=O) groups excluding carboxylic acids is 2. The fraction of sp³-hybridized carbons (Fsp3) is 0.562. The van der Waals surface area contributed by atoms with E-state index < -0.39 is 0 Å². The topological polar surface area (TPSA) is 83.6 Å². The maximum Gasteiger partial charge on any atom is 0.239 e. The number of aromatic nitrogens is 1. The molecule has 126 valence electrons. The Bertz CT molecular complexity index is 544. The van der Waals surface area contributed by atoms with Crippen LogP contribution in [0.4, 0.5) is 5.82 Å². The van der Waals surface area contributed by atoms with E-state index >= 15 is 0 Å². The van der Waals surface area contributed by atoms with Crippen LogP contribution in [0.1, 0.15) is 18.4 Å². The molecule has 1 saturated heterocycles. The highest BCUT2D eigenvalue weighted by atomic mass is 16.5. The molecule has 1 aliphatic rings. The van der Waals surface area contributed by atoms with Gasteiger partial charge in [0.25, 0.3) is 0 Å². The molecule has 2 amide bonds. The molecular weight excluding hydrogens is 296 g/mol. The van der Waals surface area contributed by atoms with Crippen LogP contribution in [0.5, 0.6) is 0 Å². The molecule has 1 fully saturated rings. The Hall–Kier alpha value is -1.99. The predicted octanol–water partition coefficient (Wildman–Crippen LogP) is 0.556. The van der Waals surface area contributed by atoms with E-state index in [0.717, 1.165) is 25.0 Å².